The summed E-state index contributed by atoms with van der Waals surface area (Å²) in [5.74, 6) is -16.4. The van der Waals surface area contributed by atoms with Gasteiger partial charge in [-0.25, -0.2) is 9.78 Å². The van der Waals surface area contributed by atoms with Crippen LogP contribution in [0.2, 0.25) is 15.1 Å². The van der Waals surface area contributed by atoms with Gasteiger partial charge in [0.25, 0.3) is 0 Å². The van der Waals surface area contributed by atoms with Crippen molar-refractivity contribution in [3.05, 3.63) is 152 Å². The molecule has 0 aliphatic carbocycles. The number of nitrogens with one attached hydrogen (secondary N) is 9. The number of ether oxygens (including phenoxy) is 6. The molecule has 7 aliphatic heterocycles. The number of phenols is 3. The number of amides is 7. The van der Waals surface area contributed by atoms with E-state index in [1.54, 1.807) is 19.1 Å². The summed E-state index contributed by atoms with van der Waals surface area (Å²) < 4.78 is 81.0. The molecule has 14 rings (SSSR count). The minimum absolute atomic E-state index is 0.0611. The number of hydrogen-bond acceptors (Lipinski definition) is 27. The van der Waals surface area contributed by atoms with Gasteiger partial charge >= 0.3 is 12.1 Å². The Morgan fingerprint density at radius 1 is 0.699 bits per heavy atom. The van der Waals surface area contributed by atoms with Gasteiger partial charge in [-0.3, -0.25) is 33.6 Å². The number of rotatable bonds is 22. The number of unbranched alkanes of at least 4 members (excludes halogenated alkanes) is 3. The second-order valence-corrected chi connectivity index (χ2v) is 32.4. The van der Waals surface area contributed by atoms with Gasteiger partial charge in [-0.1, -0.05) is 79.7 Å². The molecule has 1 aromatic heterocycles. The molecule has 7 amide bonds. The standard InChI is InChI=1S/C82H91Cl3F3N11O24/c1-33(2)20-48(90-5)73(110)98-64-66(105)36-11-16-52(44(84)22-36)119-54-24-38-25-55(70(54)123-80-71(69(108)68(107)56(32-100)121-80)122-59-31-81(4,72(109)34(3)118-59)92-19-9-7-6-8-18-91-46-29-57(82(86,87)88)93-47-26-39(83)13-14-41(46)47)120-53-17-12-37(23-45(53)85)67(106)65-78(115)97-63(79(116)117)43-27-40(101)28-51(103)60(43)42-21-35(10-15-50(42)102)61(75(112)99-65)96-76(113)62(38)95-74(111)49(30-58(89)104)94-77(64)114/h10-17,21-29,33-34,48-49,56,59,61-69,71-72,80,90,92,100-103,105-109H,6-9,18-20,30-32H2,1-5H3,(H2,89,104)(H,91,93)(H,94,114)(H,95,111)(H,96,113)(H,97,115)(H,98,110)(H,99,112)(H,116,117)/t34-,48+,49-,56+,59-,61+,62+,63-,64+,65-,66+,67+,68+,69-,71+,72+,80-,81-/m0/s1. The SMILES string of the molecule is CN[C@H](CC(C)C)C(=O)N[C@H]1C(=O)N[C@@H](CC(N)=O)C(=O)N[C@H]2C(=O)N[C@H]3C(=O)N[C@H](C(=O)N[C@H](C(=O)O)c4cc(O)cc(O)c4-c4cc3ccc4O)[C@H](O)c3ccc(c(Cl)c3)Oc3cc2cc(c3O[C@@H]2O[C@H](CO)[C@@H](O)[C@H](O)[C@H]2O[C@H]2C[C@](C)(NCCCCCCNc3cc(C(F)(F)F)nc4cc(Cl)ccc34)[C@H](O)[C@H](C)O2)Oc2ccc(cc2Cl)[C@H]1O. The summed E-state index contributed by atoms with van der Waals surface area (Å²) in [4.78, 5) is 122. The van der Waals surface area contributed by atoms with Crippen molar-refractivity contribution in [2.75, 3.05) is 32.1 Å². The highest BCUT2D eigenvalue weighted by atomic mass is 35.5. The molecule has 11 bridgehead atoms. The third-order valence-corrected chi connectivity index (χ3v) is 22.6. The zero-order valence-corrected chi connectivity index (χ0v) is 68.5. The number of fused-ring (bicyclic) bond motifs is 16. The number of likely N-dealkylation sites (N-methyl/N-ethyl adjacent to an activating group) is 1. The number of phenolic OH excluding ortho intramolecular Hbond substituents is 3. The molecule has 18 atom stereocenters. The largest absolute Gasteiger partial charge is 0.508 e. The number of aromatic nitrogens is 1. The molecule has 41 heteroatoms. The highest BCUT2D eigenvalue weighted by Gasteiger charge is 2.52. The predicted molar refractivity (Wildman–Crippen MR) is 432 cm³/mol. The number of nitrogens with two attached hydrogens (primary N) is 1. The number of aliphatic carboxylic acids is 1. The molecule has 660 valence electrons. The van der Waals surface area contributed by atoms with Gasteiger partial charge in [0.2, 0.25) is 53.4 Å². The molecular weight excluding hydrogens is 1690 g/mol. The van der Waals surface area contributed by atoms with Crippen LogP contribution in [0.1, 0.15) is 136 Å². The number of pyridine rings is 1. The first-order valence-electron chi connectivity index (χ1n) is 39.1. The van der Waals surface area contributed by atoms with Crippen molar-refractivity contribution in [2.45, 2.75) is 188 Å². The molecule has 2 fully saturated rings. The number of halogens is 6. The lowest BCUT2D eigenvalue weighted by Crippen LogP contribution is -2.65. The number of aliphatic hydroxyl groups is 6. The number of aromatic hydroxyl groups is 3. The summed E-state index contributed by atoms with van der Waals surface area (Å²) in [5, 5.41) is 140. The second kappa shape index (κ2) is 38.2. The minimum atomic E-state index is -4.73. The first-order chi connectivity index (χ1) is 58.2. The first-order valence-corrected chi connectivity index (χ1v) is 40.2. The summed E-state index contributed by atoms with van der Waals surface area (Å²) in [7, 11) is 1.46. The Labute approximate surface area is 714 Å². The third kappa shape index (κ3) is 20.6. The quantitative estimate of drug-likeness (QED) is 0.0366. The third-order valence-electron chi connectivity index (χ3n) is 21.7. The maximum absolute atomic E-state index is 16.2. The average molecular weight is 1780 g/mol. The molecule has 0 saturated carbocycles. The fourth-order valence-electron chi connectivity index (χ4n) is 15.3. The molecule has 123 heavy (non-hydrogen) atoms. The van der Waals surface area contributed by atoms with Crippen LogP contribution in [0.4, 0.5) is 18.9 Å². The van der Waals surface area contributed by atoms with E-state index in [1.807, 2.05) is 13.8 Å². The maximum Gasteiger partial charge on any atom is 0.433 e. The minimum Gasteiger partial charge on any atom is -0.508 e. The van der Waals surface area contributed by atoms with Gasteiger partial charge in [0, 0.05) is 57.4 Å². The van der Waals surface area contributed by atoms with Crippen LogP contribution >= 0.6 is 34.8 Å². The topological polar surface area (TPSA) is 541 Å². The number of carbonyl (C=O) groups excluding carboxylic acids is 7. The van der Waals surface area contributed by atoms with E-state index in [4.69, 9.17) is 69.0 Å². The zero-order chi connectivity index (χ0) is 89.1. The van der Waals surface area contributed by atoms with E-state index in [1.165, 1.54) is 32.2 Å². The van der Waals surface area contributed by atoms with E-state index >= 15 is 14.4 Å². The molecule has 8 heterocycles. The fourth-order valence-corrected chi connectivity index (χ4v) is 16.0. The van der Waals surface area contributed by atoms with Gasteiger partial charge in [0.15, 0.2) is 29.9 Å². The molecule has 0 radical (unpaired) electrons. The second-order valence-electron chi connectivity index (χ2n) is 31.1. The van der Waals surface area contributed by atoms with Crippen LogP contribution in [0.5, 0.6) is 46.0 Å². The lowest BCUT2D eigenvalue weighted by molar-refractivity contribution is -0.334. The highest BCUT2D eigenvalue weighted by molar-refractivity contribution is 6.32. The van der Waals surface area contributed by atoms with Gasteiger partial charge in [-0.05, 0) is 154 Å². The van der Waals surface area contributed by atoms with E-state index in [9.17, 15) is 88.2 Å². The first kappa shape index (κ1) is 91.5. The van der Waals surface area contributed by atoms with Gasteiger partial charge in [-0.15, -0.1) is 0 Å². The average Bonchev–Trinajstić information content (AvgIpc) is 0.763. The molecule has 7 aromatic rings. The van der Waals surface area contributed by atoms with Gasteiger partial charge in [0.1, 0.15) is 95.2 Å². The lowest BCUT2D eigenvalue weighted by Gasteiger charge is -2.48. The molecular formula is C82H91Cl3F3N11O24. The Bertz CT molecular complexity index is 5200. The molecule has 21 N–H and O–H groups in total. The van der Waals surface area contributed by atoms with Crippen molar-refractivity contribution >= 4 is 98.7 Å². The van der Waals surface area contributed by atoms with Crippen molar-refractivity contribution in [2.24, 2.45) is 11.7 Å². The van der Waals surface area contributed by atoms with Gasteiger partial charge in [0.05, 0.1) is 46.8 Å². The van der Waals surface area contributed by atoms with E-state index in [0.29, 0.717) is 37.6 Å². The predicted octanol–water partition coefficient (Wildman–Crippen LogP) is 5.63. The number of carboxylic acids is 1. The number of carboxylic acid groups (broad SMARTS) is 1. The van der Waals surface area contributed by atoms with E-state index < -0.39 is 254 Å². The smallest absolute Gasteiger partial charge is 0.433 e. The number of nitrogens with zero attached hydrogens (tertiary/aromatic N) is 1. The Hall–Kier alpha value is -10.7. The summed E-state index contributed by atoms with van der Waals surface area (Å²) in [6, 6.07) is 4.36. The van der Waals surface area contributed by atoms with Crippen LogP contribution in [0.3, 0.4) is 0 Å². The number of anilines is 1. The zero-order valence-electron chi connectivity index (χ0n) is 66.3. The molecule has 0 spiro atoms. The van der Waals surface area contributed by atoms with Crippen LogP contribution < -0.4 is 67.8 Å². The number of benzene rings is 6. The summed E-state index contributed by atoms with van der Waals surface area (Å²) in [5.41, 5.74) is 0.718. The van der Waals surface area contributed by atoms with Crippen LogP contribution in [0.25, 0.3) is 22.0 Å². The fraction of sp³-hybridized carbons (Fsp3) is 0.427. The normalized spacial score (nSPS) is 26.4. The number of primary amides is 1. The lowest BCUT2D eigenvalue weighted by atomic mass is 9.85. The number of aliphatic hydroxyl groups excluding tert-OH is 6. The van der Waals surface area contributed by atoms with E-state index in [-0.39, 0.29) is 64.0 Å². The molecule has 0 unspecified atom stereocenters. The van der Waals surface area contributed by atoms with Crippen molar-refractivity contribution in [3.63, 3.8) is 0 Å². The van der Waals surface area contributed by atoms with Gasteiger partial charge in [-0.2, -0.15) is 13.2 Å². The summed E-state index contributed by atoms with van der Waals surface area (Å²) >= 11 is 20.4. The molecule has 2 saturated heterocycles. The number of carbonyl (C=O) groups is 8. The number of hydrogen-bond donors (Lipinski definition) is 20. The Morgan fingerprint density at radius 2 is 1.33 bits per heavy atom. The van der Waals surface area contributed by atoms with Crippen LogP contribution in [0, 0.1) is 5.92 Å². The van der Waals surface area contributed by atoms with E-state index in [2.05, 4.69) is 52.8 Å². The maximum atomic E-state index is 16.2. The monoisotopic (exact) mass is 1780 g/mol. The Kier molecular flexibility index (Phi) is 28.4. The van der Waals surface area contributed by atoms with Gasteiger partial charge < -0.3 is 133 Å². The van der Waals surface area contributed by atoms with Crippen LogP contribution in [-0.4, -0.2) is 209 Å². The van der Waals surface area contributed by atoms with Crippen molar-refractivity contribution < 1.29 is 131 Å². The molecule has 35 nitrogen and oxygen atoms in total. The Balaban J connectivity index is 0.965. The highest BCUT2D eigenvalue weighted by Crippen LogP contribution is 2.50. The molecule has 7 aliphatic rings. The van der Waals surface area contributed by atoms with Crippen molar-refractivity contribution in [3.8, 4) is 57.1 Å². The van der Waals surface area contributed by atoms with Crippen LogP contribution in [0.15, 0.2) is 103 Å². The van der Waals surface area contributed by atoms with Crippen LogP contribution in [-0.2, 0) is 58.7 Å². The van der Waals surface area contributed by atoms with E-state index in [0.717, 1.165) is 72.8 Å². The summed E-state index contributed by atoms with van der Waals surface area (Å²) in [6.07, 6.45) is -21.5. The number of alkyl halides is 3. The van der Waals surface area contributed by atoms with Crippen molar-refractivity contribution in [1.82, 2.24) is 47.5 Å². The summed E-state index contributed by atoms with van der Waals surface area (Å²) in [6.45, 7) is 6.39. The van der Waals surface area contributed by atoms with Crippen molar-refractivity contribution in [1.29, 1.82) is 0 Å². The Morgan fingerprint density at radius 3 is 1.96 bits per heavy atom. The molecule has 6 aromatic carbocycles.